The van der Waals surface area contributed by atoms with Crippen molar-refractivity contribution in [1.29, 1.82) is 0 Å². The molecule has 0 bridgehead atoms. The summed E-state index contributed by atoms with van der Waals surface area (Å²) in [6, 6.07) is 5.77. The minimum Gasteiger partial charge on any atom is -0.465 e. The first-order valence-corrected chi connectivity index (χ1v) is 5.81. The van der Waals surface area contributed by atoms with Gasteiger partial charge in [0.25, 0.3) is 5.56 Å². The molecular weight excluding hydrogens is 287 g/mol. The Bertz CT molecular complexity index is 735. The monoisotopic (exact) mass is 297 g/mol. The van der Waals surface area contributed by atoms with E-state index in [4.69, 9.17) is 0 Å². The van der Waals surface area contributed by atoms with E-state index in [9.17, 15) is 22.8 Å². The molecule has 0 saturated carbocycles. The first kappa shape index (κ1) is 14.8. The Morgan fingerprint density at radius 1 is 1.19 bits per heavy atom. The van der Waals surface area contributed by atoms with Crippen molar-refractivity contribution < 1.29 is 22.7 Å². The van der Waals surface area contributed by atoms with E-state index < -0.39 is 23.3 Å². The number of nitrogens with one attached hydrogen (secondary N) is 1. The summed E-state index contributed by atoms with van der Waals surface area (Å²) in [4.78, 5) is 25.2. The van der Waals surface area contributed by atoms with Crippen LogP contribution in [0.4, 0.5) is 13.2 Å². The highest BCUT2D eigenvalue weighted by Crippen LogP contribution is 2.31. The standard InChI is InChI=1S/C14H10F3NO3/c1-21-13(20)11-6-9(7-18-12(11)19)8-3-2-4-10(5-8)14(15,16)17/h2-7H,1H3,(H,18,19). The second kappa shape index (κ2) is 5.43. The van der Waals surface area contributed by atoms with Crippen LogP contribution >= 0.6 is 0 Å². The molecule has 0 aliphatic heterocycles. The van der Waals surface area contributed by atoms with Crippen molar-refractivity contribution >= 4 is 5.97 Å². The van der Waals surface area contributed by atoms with Gasteiger partial charge >= 0.3 is 12.1 Å². The van der Waals surface area contributed by atoms with Crippen LogP contribution in [-0.4, -0.2) is 18.1 Å². The lowest BCUT2D eigenvalue weighted by Crippen LogP contribution is -2.18. The quantitative estimate of drug-likeness (QED) is 0.867. The highest BCUT2D eigenvalue weighted by Gasteiger charge is 2.30. The van der Waals surface area contributed by atoms with Crippen LogP contribution in [0.5, 0.6) is 0 Å². The van der Waals surface area contributed by atoms with E-state index in [-0.39, 0.29) is 16.7 Å². The lowest BCUT2D eigenvalue weighted by molar-refractivity contribution is -0.137. The molecule has 7 heteroatoms. The number of methoxy groups -OCH3 is 1. The Labute approximate surface area is 117 Å². The number of hydrogen-bond donors (Lipinski definition) is 1. The van der Waals surface area contributed by atoms with Gasteiger partial charge in [0.1, 0.15) is 5.56 Å². The van der Waals surface area contributed by atoms with Crippen LogP contribution in [0, 0.1) is 0 Å². The molecule has 0 saturated heterocycles. The van der Waals surface area contributed by atoms with Crippen LogP contribution in [0.25, 0.3) is 11.1 Å². The summed E-state index contributed by atoms with van der Waals surface area (Å²) in [5.74, 6) is -0.856. The van der Waals surface area contributed by atoms with E-state index in [2.05, 4.69) is 9.72 Å². The van der Waals surface area contributed by atoms with Gasteiger partial charge in [0.2, 0.25) is 0 Å². The lowest BCUT2D eigenvalue weighted by Gasteiger charge is -2.09. The number of benzene rings is 1. The molecule has 0 spiro atoms. The normalized spacial score (nSPS) is 11.2. The Morgan fingerprint density at radius 3 is 2.52 bits per heavy atom. The molecule has 0 radical (unpaired) electrons. The molecular formula is C14H10F3NO3. The number of halogens is 3. The largest absolute Gasteiger partial charge is 0.465 e. The van der Waals surface area contributed by atoms with Crippen LogP contribution < -0.4 is 5.56 Å². The summed E-state index contributed by atoms with van der Waals surface area (Å²) in [6.45, 7) is 0. The van der Waals surface area contributed by atoms with Gasteiger partial charge in [-0.2, -0.15) is 13.2 Å². The second-order valence-electron chi connectivity index (χ2n) is 4.20. The molecule has 0 unspecified atom stereocenters. The molecule has 4 nitrogen and oxygen atoms in total. The van der Waals surface area contributed by atoms with E-state index in [0.29, 0.717) is 0 Å². The number of ether oxygens (including phenoxy) is 1. The van der Waals surface area contributed by atoms with Gasteiger partial charge in [-0.15, -0.1) is 0 Å². The molecule has 2 aromatic rings. The van der Waals surface area contributed by atoms with Crippen molar-refractivity contribution in [3.8, 4) is 11.1 Å². The van der Waals surface area contributed by atoms with Crippen molar-refractivity contribution in [2.45, 2.75) is 6.18 Å². The van der Waals surface area contributed by atoms with E-state index in [0.717, 1.165) is 19.2 Å². The molecule has 1 heterocycles. The third-order valence-corrected chi connectivity index (χ3v) is 2.83. The van der Waals surface area contributed by atoms with Crippen LogP contribution in [-0.2, 0) is 10.9 Å². The number of hydrogen-bond acceptors (Lipinski definition) is 3. The van der Waals surface area contributed by atoms with Gasteiger partial charge in [0.15, 0.2) is 0 Å². The number of aromatic amines is 1. The van der Waals surface area contributed by atoms with E-state index in [1.807, 2.05) is 0 Å². The molecule has 1 aromatic heterocycles. The molecule has 0 aliphatic rings. The first-order valence-electron chi connectivity index (χ1n) is 5.81. The topological polar surface area (TPSA) is 59.2 Å². The number of alkyl halides is 3. The number of carbonyl (C=O) groups is 1. The Morgan fingerprint density at radius 2 is 1.90 bits per heavy atom. The van der Waals surface area contributed by atoms with E-state index in [1.165, 1.54) is 24.4 Å². The summed E-state index contributed by atoms with van der Waals surface area (Å²) in [7, 11) is 1.11. The van der Waals surface area contributed by atoms with Crippen molar-refractivity contribution in [3.05, 3.63) is 58.0 Å². The molecule has 110 valence electrons. The van der Waals surface area contributed by atoms with Crippen molar-refractivity contribution in [2.75, 3.05) is 7.11 Å². The molecule has 0 amide bonds. The Hall–Kier alpha value is -2.57. The average Bonchev–Trinajstić information content (AvgIpc) is 2.46. The second-order valence-corrected chi connectivity index (χ2v) is 4.20. The van der Waals surface area contributed by atoms with E-state index in [1.54, 1.807) is 0 Å². The van der Waals surface area contributed by atoms with Gasteiger partial charge < -0.3 is 9.72 Å². The molecule has 1 N–H and O–H groups in total. The predicted molar refractivity (Wildman–Crippen MR) is 68.8 cm³/mol. The summed E-state index contributed by atoms with van der Waals surface area (Å²) < 4.78 is 42.5. The summed E-state index contributed by atoms with van der Waals surface area (Å²) in [5, 5.41) is 0. The predicted octanol–water partition coefficient (Wildman–Crippen LogP) is 2.85. The minimum absolute atomic E-state index is 0.228. The van der Waals surface area contributed by atoms with Gasteiger partial charge in [-0.3, -0.25) is 4.79 Å². The van der Waals surface area contributed by atoms with Crippen LogP contribution in [0.15, 0.2) is 41.3 Å². The number of carbonyl (C=O) groups excluding carboxylic acids is 1. The fourth-order valence-electron chi connectivity index (χ4n) is 1.79. The number of pyridine rings is 1. The highest BCUT2D eigenvalue weighted by molar-refractivity contribution is 5.90. The van der Waals surface area contributed by atoms with E-state index >= 15 is 0 Å². The molecule has 2 rings (SSSR count). The number of H-pyrrole nitrogens is 1. The minimum atomic E-state index is -4.47. The number of esters is 1. The SMILES string of the molecule is COC(=O)c1cc(-c2cccc(C(F)(F)F)c2)c[nH]c1=O. The van der Waals surface area contributed by atoms with Gasteiger partial charge in [-0.05, 0) is 29.3 Å². The third-order valence-electron chi connectivity index (χ3n) is 2.83. The molecule has 21 heavy (non-hydrogen) atoms. The molecule has 0 atom stereocenters. The third kappa shape index (κ3) is 3.13. The molecule has 0 aliphatic carbocycles. The van der Waals surface area contributed by atoms with Gasteiger partial charge in [0, 0.05) is 6.20 Å². The maximum atomic E-state index is 12.7. The summed E-state index contributed by atoms with van der Waals surface area (Å²) in [5.41, 5.74) is -1.25. The zero-order valence-electron chi connectivity index (χ0n) is 10.8. The maximum absolute atomic E-state index is 12.7. The zero-order valence-corrected chi connectivity index (χ0v) is 10.8. The Kier molecular flexibility index (Phi) is 3.84. The fraction of sp³-hybridized carbons (Fsp3) is 0.143. The van der Waals surface area contributed by atoms with Crippen molar-refractivity contribution in [1.82, 2.24) is 4.98 Å². The smallest absolute Gasteiger partial charge is 0.416 e. The maximum Gasteiger partial charge on any atom is 0.416 e. The van der Waals surface area contributed by atoms with Gasteiger partial charge in [-0.25, -0.2) is 4.79 Å². The van der Waals surface area contributed by atoms with Crippen molar-refractivity contribution in [2.24, 2.45) is 0 Å². The number of rotatable bonds is 2. The molecule has 1 aromatic carbocycles. The average molecular weight is 297 g/mol. The van der Waals surface area contributed by atoms with Crippen molar-refractivity contribution in [3.63, 3.8) is 0 Å². The van der Waals surface area contributed by atoms with Crippen LogP contribution in [0.3, 0.4) is 0 Å². The van der Waals surface area contributed by atoms with Crippen LogP contribution in [0.1, 0.15) is 15.9 Å². The lowest BCUT2D eigenvalue weighted by atomic mass is 10.0. The van der Waals surface area contributed by atoms with Gasteiger partial charge in [-0.1, -0.05) is 12.1 Å². The fourth-order valence-corrected chi connectivity index (χ4v) is 1.79. The summed E-state index contributed by atoms with van der Waals surface area (Å²) >= 11 is 0. The Balaban J connectivity index is 2.53. The zero-order chi connectivity index (χ0) is 15.6. The first-order chi connectivity index (χ1) is 9.82. The van der Waals surface area contributed by atoms with Crippen LogP contribution in [0.2, 0.25) is 0 Å². The highest BCUT2D eigenvalue weighted by atomic mass is 19.4. The van der Waals surface area contributed by atoms with Gasteiger partial charge in [0.05, 0.1) is 12.7 Å². The summed E-state index contributed by atoms with van der Waals surface area (Å²) in [6.07, 6.45) is -3.23. The number of aromatic nitrogens is 1. The molecule has 0 fully saturated rings.